The Balaban J connectivity index is 1.43. The standard InChI is InChI=1S/C23H27N3O2S2/c1-16-5-7-18(8-6-16)23-21(30-17(2)25-23)14-22(27)24-15-19(20-4-3-13-29-20)26-9-11-28-12-10-26/h3-8,13,19H,9-12,14-15H2,1-2H3,(H,24,27). The Labute approximate surface area is 185 Å². The lowest BCUT2D eigenvalue weighted by atomic mass is 10.1. The fraction of sp³-hybridized carbons (Fsp3) is 0.391. The van der Waals surface area contributed by atoms with E-state index in [0.717, 1.165) is 47.4 Å². The zero-order valence-electron chi connectivity index (χ0n) is 17.4. The summed E-state index contributed by atoms with van der Waals surface area (Å²) in [5.41, 5.74) is 3.21. The van der Waals surface area contributed by atoms with Crippen molar-refractivity contribution in [2.45, 2.75) is 26.3 Å². The predicted molar refractivity (Wildman–Crippen MR) is 123 cm³/mol. The number of hydrogen-bond acceptors (Lipinski definition) is 6. The van der Waals surface area contributed by atoms with Crippen molar-refractivity contribution in [1.29, 1.82) is 0 Å². The van der Waals surface area contributed by atoms with E-state index in [1.807, 2.05) is 6.92 Å². The maximum atomic E-state index is 12.8. The van der Waals surface area contributed by atoms with Gasteiger partial charge in [-0.3, -0.25) is 9.69 Å². The van der Waals surface area contributed by atoms with E-state index >= 15 is 0 Å². The highest BCUT2D eigenvalue weighted by atomic mass is 32.1. The third kappa shape index (κ3) is 5.16. The molecule has 3 heterocycles. The molecule has 30 heavy (non-hydrogen) atoms. The van der Waals surface area contributed by atoms with Crippen molar-refractivity contribution in [1.82, 2.24) is 15.2 Å². The van der Waals surface area contributed by atoms with Crippen LogP contribution in [0, 0.1) is 13.8 Å². The molecule has 1 aliphatic rings. The van der Waals surface area contributed by atoms with Crippen LogP contribution in [0.4, 0.5) is 0 Å². The second-order valence-electron chi connectivity index (χ2n) is 7.53. The predicted octanol–water partition coefficient (Wildman–Crippen LogP) is 4.22. The Morgan fingerprint density at radius 3 is 2.67 bits per heavy atom. The largest absolute Gasteiger partial charge is 0.379 e. The number of nitrogens with one attached hydrogen (secondary N) is 1. The summed E-state index contributed by atoms with van der Waals surface area (Å²) >= 11 is 3.35. The maximum Gasteiger partial charge on any atom is 0.225 e. The monoisotopic (exact) mass is 441 g/mol. The molecule has 0 bridgehead atoms. The summed E-state index contributed by atoms with van der Waals surface area (Å²) in [7, 11) is 0. The second kappa shape index (κ2) is 9.83. The van der Waals surface area contributed by atoms with E-state index in [-0.39, 0.29) is 11.9 Å². The number of rotatable bonds is 7. The number of thiazole rings is 1. The molecule has 1 aromatic carbocycles. The topological polar surface area (TPSA) is 54.5 Å². The molecular weight excluding hydrogens is 414 g/mol. The lowest BCUT2D eigenvalue weighted by Gasteiger charge is -2.34. The molecule has 2 aromatic heterocycles. The van der Waals surface area contributed by atoms with Crippen molar-refractivity contribution < 1.29 is 9.53 Å². The van der Waals surface area contributed by atoms with Gasteiger partial charge < -0.3 is 10.1 Å². The van der Waals surface area contributed by atoms with E-state index in [2.05, 4.69) is 58.9 Å². The zero-order valence-corrected chi connectivity index (χ0v) is 19.0. The van der Waals surface area contributed by atoms with E-state index in [1.54, 1.807) is 22.7 Å². The molecule has 7 heteroatoms. The lowest BCUT2D eigenvalue weighted by molar-refractivity contribution is -0.120. The Morgan fingerprint density at radius 2 is 1.97 bits per heavy atom. The van der Waals surface area contributed by atoms with Gasteiger partial charge in [-0.2, -0.15) is 0 Å². The van der Waals surface area contributed by atoms with Crippen molar-refractivity contribution in [2.24, 2.45) is 0 Å². The number of hydrogen-bond donors (Lipinski definition) is 1. The van der Waals surface area contributed by atoms with Crippen LogP contribution in [0.3, 0.4) is 0 Å². The maximum absolute atomic E-state index is 12.8. The third-order valence-corrected chi connectivity index (χ3v) is 7.25. The minimum atomic E-state index is 0.0434. The molecule has 5 nitrogen and oxygen atoms in total. The molecule has 1 atom stereocenters. The number of amides is 1. The fourth-order valence-electron chi connectivity index (χ4n) is 3.72. The molecule has 1 N–H and O–H groups in total. The van der Waals surface area contributed by atoms with Crippen LogP contribution in [0.15, 0.2) is 41.8 Å². The van der Waals surface area contributed by atoms with Gasteiger partial charge in [0.1, 0.15) is 0 Å². The molecule has 0 aliphatic carbocycles. The van der Waals surface area contributed by atoms with Crippen molar-refractivity contribution in [2.75, 3.05) is 32.8 Å². The molecule has 158 valence electrons. The molecule has 1 amide bonds. The van der Waals surface area contributed by atoms with Gasteiger partial charge in [0, 0.05) is 35.0 Å². The highest BCUT2D eigenvalue weighted by Gasteiger charge is 2.24. The van der Waals surface area contributed by atoms with Gasteiger partial charge in [0.15, 0.2) is 0 Å². The number of aryl methyl sites for hydroxylation is 2. The Bertz CT molecular complexity index is 961. The minimum Gasteiger partial charge on any atom is -0.379 e. The quantitative estimate of drug-likeness (QED) is 0.596. The number of thiophene rings is 1. The van der Waals surface area contributed by atoms with E-state index in [9.17, 15) is 4.79 Å². The first-order chi connectivity index (χ1) is 14.6. The summed E-state index contributed by atoms with van der Waals surface area (Å²) < 4.78 is 5.51. The van der Waals surface area contributed by atoms with Crippen molar-refractivity contribution in [3.8, 4) is 11.3 Å². The van der Waals surface area contributed by atoms with Crippen molar-refractivity contribution in [3.05, 3.63) is 62.1 Å². The first-order valence-electron chi connectivity index (χ1n) is 10.3. The van der Waals surface area contributed by atoms with Crippen molar-refractivity contribution >= 4 is 28.6 Å². The summed E-state index contributed by atoms with van der Waals surface area (Å²) in [5, 5.41) is 6.26. The fourth-order valence-corrected chi connectivity index (χ4v) is 5.54. The second-order valence-corrected chi connectivity index (χ2v) is 9.80. The van der Waals surface area contributed by atoms with Gasteiger partial charge in [-0.1, -0.05) is 35.9 Å². The smallest absolute Gasteiger partial charge is 0.225 e. The Kier molecular flexibility index (Phi) is 6.94. The van der Waals surface area contributed by atoms with E-state index in [4.69, 9.17) is 9.72 Å². The van der Waals surface area contributed by atoms with E-state index < -0.39 is 0 Å². The van der Waals surface area contributed by atoms with E-state index in [0.29, 0.717) is 13.0 Å². The average molecular weight is 442 g/mol. The molecule has 0 saturated carbocycles. The molecular formula is C23H27N3O2S2. The van der Waals surface area contributed by atoms with Gasteiger partial charge in [0.25, 0.3) is 0 Å². The van der Waals surface area contributed by atoms with Gasteiger partial charge in [-0.25, -0.2) is 4.98 Å². The number of nitrogens with zero attached hydrogens (tertiary/aromatic N) is 2. The normalized spacial score (nSPS) is 15.8. The van der Waals surface area contributed by atoms with Gasteiger partial charge in [0.05, 0.1) is 36.4 Å². The SMILES string of the molecule is Cc1ccc(-c2nc(C)sc2CC(=O)NCC(c2cccs2)N2CCOCC2)cc1. The third-order valence-electron chi connectivity index (χ3n) is 5.30. The van der Waals surface area contributed by atoms with Crippen LogP contribution in [0.5, 0.6) is 0 Å². The van der Waals surface area contributed by atoms with Gasteiger partial charge in [-0.05, 0) is 25.3 Å². The average Bonchev–Trinajstić information content (AvgIpc) is 3.40. The summed E-state index contributed by atoms with van der Waals surface area (Å²) in [6.07, 6.45) is 0.356. The number of aromatic nitrogens is 1. The van der Waals surface area contributed by atoms with Crippen LogP contribution < -0.4 is 5.32 Å². The molecule has 1 fully saturated rings. The first kappa shape index (κ1) is 21.2. The molecule has 4 rings (SSSR count). The van der Waals surface area contributed by atoms with E-state index in [1.165, 1.54) is 10.4 Å². The number of carbonyl (C=O) groups is 1. The van der Waals surface area contributed by atoms with Crippen LogP contribution in [0.1, 0.15) is 26.4 Å². The van der Waals surface area contributed by atoms with Gasteiger partial charge in [-0.15, -0.1) is 22.7 Å². The zero-order chi connectivity index (χ0) is 20.9. The highest BCUT2D eigenvalue weighted by molar-refractivity contribution is 7.12. The number of ether oxygens (including phenoxy) is 1. The van der Waals surface area contributed by atoms with Crippen LogP contribution in [-0.2, 0) is 16.0 Å². The van der Waals surface area contributed by atoms with Gasteiger partial charge >= 0.3 is 0 Å². The Hall–Kier alpha value is -2.06. The number of carbonyl (C=O) groups excluding carboxylic acids is 1. The molecule has 0 radical (unpaired) electrons. The summed E-state index contributed by atoms with van der Waals surface area (Å²) in [6.45, 7) is 7.95. The molecule has 3 aromatic rings. The van der Waals surface area contributed by atoms with Gasteiger partial charge in [0.2, 0.25) is 5.91 Å². The summed E-state index contributed by atoms with van der Waals surface area (Å²) in [4.78, 5) is 22.2. The lowest BCUT2D eigenvalue weighted by Crippen LogP contribution is -2.43. The highest BCUT2D eigenvalue weighted by Crippen LogP contribution is 2.29. The molecule has 1 unspecified atom stereocenters. The van der Waals surface area contributed by atoms with Crippen LogP contribution in [0.2, 0.25) is 0 Å². The molecule has 0 spiro atoms. The van der Waals surface area contributed by atoms with Crippen molar-refractivity contribution in [3.63, 3.8) is 0 Å². The number of morpholine rings is 1. The Morgan fingerprint density at radius 1 is 1.20 bits per heavy atom. The minimum absolute atomic E-state index is 0.0434. The molecule has 1 saturated heterocycles. The van der Waals surface area contributed by atoms with Crippen LogP contribution in [-0.4, -0.2) is 48.6 Å². The van der Waals surface area contributed by atoms with Crippen LogP contribution >= 0.6 is 22.7 Å². The first-order valence-corrected chi connectivity index (χ1v) is 11.9. The summed E-state index contributed by atoms with van der Waals surface area (Å²) in [6, 6.07) is 12.7. The van der Waals surface area contributed by atoms with Crippen LogP contribution in [0.25, 0.3) is 11.3 Å². The molecule has 1 aliphatic heterocycles. The summed E-state index contributed by atoms with van der Waals surface area (Å²) in [5.74, 6) is 0.0434. The number of benzene rings is 1.